The highest BCUT2D eigenvalue weighted by molar-refractivity contribution is 5.87. The normalized spacial score (nSPS) is 14.0. The molecule has 1 aliphatic rings. The molecular weight excluding hydrogens is 438 g/mol. The molecule has 3 nitrogen and oxygen atoms in total. The van der Waals surface area contributed by atoms with Gasteiger partial charge in [-0.15, -0.1) is 0 Å². The van der Waals surface area contributed by atoms with Gasteiger partial charge >= 0.3 is 0 Å². The Balaban J connectivity index is 1.68. The van der Waals surface area contributed by atoms with Crippen LogP contribution in [0.5, 0.6) is 0 Å². The molecule has 0 amide bonds. The van der Waals surface area contributed by atoms with Gasteiger partial charge in [-0.25, -0.2) is 4.98 Å². The van der Waals surface area contributed by atoms with Gasteiger partial charge in [0.1, 0.15) is 5.82 Å². The smallest absolute Gasteiger partial charge is 0.145 e. The number of aromatic nitrogens is 3. The first-order valence-electron chi connectivity index (χ1n) is 13.0. The quantitative estimate of drug-likeness (QED) is 0.263. The zero-order valence-corrected chi connectivity index (χ0v) is 22.0. The summed E-state index contributed by atoms with van der Waals surface area (Å²) in [5.74, 6) is 1.78. The van der Waals surface area contributed by atoms with Crippen molar-refractivity contribution in [2.45, 2.75) is 58.8 Å². The third kappa shape index (κ3) is 3.26. The molecule has 6 rings (SSSR count). The Hall–Kier alpha value is -3.72. The van der Waals surface area contributed by atoms with E-state index in [9.17, 15) is 0 Å². The molecule has 0 saturated heterocycles. The van der Waals surface area contributed by atoms with Gasteiger partial charge in [-0.2, -0.15) is 0 Å². The summed E-state index contributed by atoms with van der Waals surface area (Å²) >= 11 is 0. The van der Waals surface area contributed by atoms with Gasteiger partial charge in [0.25, 0.3) is 0 Å². The number of rotatable bonds is 4. The van der Waals surface area contributed by atoms with Crippen LogP contribution in [0.25, 0.3) is 39.2 Å². The molecule has 0 atom stereocenters. The van der Waals surface area contributed by atoms with Crippen LogP contribution >= 0.6 is 0 Å². The monoisotopic (exact) mass is 471 g/mol. The molecule has 1 aliphatic carbocycles. The van der Waals surface area contributed by atoms with Crippen LogP contribution in [-0.4, -0.2) is 14.5 Å². The third-order valence-corrected chi connectivity index (χ3v) is 7.77. The largest absolute Gasteiger partial charge is 0.292 e. The van der Waals surface area contributed by atoms with Crippen molar-refractivity contribution in [3.05, 3.63) is 101 Å². The summed E-state index contributed by atoms with van der Waals surface area (Å²) in [7, 11) is 0. The van der Waals surface area contributed by atoms with E-state index in [-0.39, 0.29) is 5.41 Å². The van der Waals surface area contributed by atoms with Crippen LogP contribution in [0.3, 0.4) is 0 Å². The van der Waals surface area contributed by atoms with Crippen molar-refractivity contribution in [3.63, 3.8) is 0 Å². The molecule has 0 N–H and O–H groups in total. The second-order valence-electron chi connectivity index (χ2n) is 11.1. The standard InChI is InChI=1S/C33H33N3/c1-20(2)23-11-9-12-24(21(3)4)30(23)36-29-15-8-7-14-28(29)35-32(36)22-16-17-27-26(19-22)25-13-10-18-34-31(25)33(27,5)6/h7-21H,1-6H3. The van der Waals surface area contributed by atoms with Crippen LogP contribution in [0.1, 0.15) is 75.8 Å². The summed E-state index contributed by atoms with van der Waals surface area (Å²) < 4.78 is 2.41. The van der Waals surface area contributed by atoms with Crippen molar-refractivity contribution >= 4 is 11.0 Å². The van der Waals surface area contributed by atoms with Gasteiger partial charge in [-0.05, 0) is 58.4 Å². The molecule has 2 aromatic heterocycles. The summed E-state index contributed by atoms with van der Waals surface area (Å²) in [6.07, 6.45) is 1.91. The van der Waals surface area contributed by atoms with E-state index in [1.807, 2.05) is 12.3 Å². The van der Waals surface area contributed by atoms with E-state index in [2.05, 4.69) is 113 Å². The molecule has 5 aromatic rings. The fourth-order valence-corrected chi connectivity index (χ4v) is 5.92. The van der Waals surface area contributed by atoms with Crippen LogP contribution in [0.2, 0.25) is 0 Å². The van der Waals surface area contributed by atoms with Crippen LogP contribution in [0.15, 0.2) is 79.0 Å². The minimum atomic E-state index is -0.111. The Morgan fingerprint density at radius 3 is 2.19 bits per heavy atom. The van der Waals surface area contributed by atoms with Crippen LogP contribution in [0.4, 0.5) is 0 Å². The highest BCUT2D eigenvalue weighted by Crippen LogP contribution is 2.49. The van der Waals surface area contributed by atoms with Crippen molar-refractivity contribution in [1.82, 2.24) is 14.5 Å². The lowest BCUT2D eigenvalue weighted by Crippen LogP contribution is -2.16. The minimum Gasteiger partial charge on any atom is -0.292 e. The number of imidazole rings is 1. The highest BCUT2D eigenvalue weighted by atomic mass is 15.1. The van der Waals surface area contributed by atoms with Crippen molar-refractivity contribution in [2.75, 3.05) is 0 Å². The molecule has 0 spiro atoms. The first-order valence-corrected chi connectivity index (χ1v) is 13.0. The second-order valence-corrected chi connectivity index (χ2v) is 11.1. The van der Waals surface area contributed by atoms with Gasteiger partial charge in [-0.1, -0.05) is 90.1 Å². The lowest BCUT2D eigenvalue weighted by molar-refractivity contribution is 0.637. The van der Waals surface area contributed by atoms with E-state index in [1.165, 1.54) is 33.5 Å². The van der Waals surface area contributed by atoms with Gasteiger partial charge in [0, 0.05) is 22.7 Å². The molecule has 0 unspecified atom stereocenters. The van der Waals surface area contributed by atoms with Crippen LogP contribution in [-0.2, 0) is 5.41 Å². The van der Waals surface area contributed by atoms with E-state index in [4.69, 9.17) is 9.97 Å². The predicted molar refractivity (Wildman–Crippen MR) is 150 cm³/mol. The van der Waals surface area contributed by atoms with E-state index in [0.29, 0.717) is 11.8 Å². The lowest BCUT2D eigenvalue weighted by atomic mass is 9.85. The molecule has 180 valence electrons. The summed E-state index contributed by atoms with van der Waals surface area (Å²) in [6, 6.07) is 26.4. The Labute approximate surface area is 213 Å². The van der Waals surface area contributed by atoms with E-state index < -0.39 is 0 Å². The molecular formula is C33H33N3. The Morgan fingerprint density at radius 2 is 1.47 bits per heavy atom. The lowest BCUT2D eigenvalue weighted by Gasteiger charge is -2.23. The van der Waals surface area contributed by atoms with E-state index in [1.54, 1.807) is 0 Å². The first-order chi connectivity index (χ1) is 17.3. The van der Waals surface area contributed by atoms with Crippen molar-refractivity contribution in [3.8, 4) is 28.2 Å². The zero-order valence-electron chi connectivity index (χ0n) is 22.0. The summed E-state index contributed by atoms with van der Waals surface area (Å²) in [5, 5.41) is 0. The Morgan fingerprint density at radius 1 is 0.750 bits per heavy atom. The maximum absolute atomic E-state index is 5.23. The topological polar surface area (TPSA) is 30.7 Å². The zero-order chi connectivity index (χ0) is 25.2. The Kier molecular flexibility index (Phi) is 5.15. The maximum atomic E-state index is 5.23. The van der Waals surface area contributed by atoms with E-state index in [0.717, 1.165) is 28.1 Å². The minimum absolute atomic E-state index is 0.111. The molecule has 3 heteroatoms. The molecule has 0 bridgehead atoms. The fourth-order valence-electron chi connectivity index (χ4n) is 5.92. The van der Waals surface area contributed by atoms with Crippen molar-refractivity contribution in [1.29, 1.82) is 0 Å². The number of para-hydroxylation sites is 3. The number of fused-ring (bicyclic) bond motifs is 4. The third-order valence-electron chi connectivity index (χ3n) is 7.77. The van der Waals surface area contributed by atoms with Gasteiger partial charge in [0.2, 0.25) is 0 Å². The molecule has 36 heavy (non-hydrogen) atoms. The molecule has 0 aliphatic heterocycles. The number of benzene rings is 3. The SMILES string of the molecule is CC(C)c1cccc(C(C)C)c1-n1c(-c2ccc3c(c2)-c2cccnc2C3(C)C)nc2ccccc21. The Bertz CT molecular complexity index is 1590. The molecule has 3 aromatic carbocycles. The molecule has 2 heterocycles. The van der Waals surface area contributed by atoms with Crippen molar-refractivity contribution in [2.24, 2.45) is 0 Å². The van der Waals surface area contributed by atoms with Gasteiger partial charge in [0.05, 0.1) is 22.4 Å². The first kappa shape index (κ1) is 22.7. The number of nitrogens with zero attached hydrogens (tertiary/aromatic N) is 3. The maximum Gasteiger partial charge on any atom is 0.145 e. The fraction of sp³-hybridized carbons (Fsp3) is 0.273. The molecule has 0 saturated carbocycles. The van der Waals surface area contributed by atoms with E-state index >= 15 is 0 Å². The average molecular weight is 472 g/mol. The van der Waals surface area contributed by atoms with Crippen LogP contribution in [0, 0.1) is 0 Å². The van der Waals surface area contributed by atoms with Crippen LogP contribution < -0.4 is 0 Å². The summed E-state index contributed by atoms with van der Waals surface area (Å²) in [4.78, 5) is 10.00. The molecule has 0 fully saturated rings. The summed E-state index contributed by atoms with van der Waals surface area (Å²) in [5.41, 5.74) is 12.1. The van der Waals surface area contributed by atoms with Gasteiger partial charge in [-0.3, -0.25) is 9.55 Å². The van der Waals surface area contributed by atoms with Gasteiger partial charge < -0.3 is 0 Å². The number of pyridine rings is 1. The second kappa shape index (κ2) is 8.16. The van der Waals surface area contributed by atoms with Crippen molar-refractivity contribution < 1.29 is 0 Å². The number of hydrogen-bond acceptors (Lipinski definition) is 2. The van der Waals surface area contributed by atoms with Gasteiger partial charge in [0.15, 0.2) is 0 Å². The highest BCUT2D eigenvalue weighted by Gasteiger charge is 2.37. The average Bonchev–Trinajstić information content (AvgIpc) is 3.36. The number of hydrogen-bond donors (Lipinski definition) is 0. The molecule has 0 radical (unpaired) electrons. The predicted octanol–water partition coefficient (Wildman–Crippen LogP) is 8.64. The summed E-state index contributed by atoms with van der Waals surface area (Å²) in [6.45, 7) is 13.7.